The van der Waals surface area contributed by atoms with Crippen molar-refractivity contribution in [2.75, 3.05) is 9.80 Å². The lowest BCUT2D eigenvalue weighted by atomic mass is 9.75. The van der Waals surface area contributed by atoms with Gasteiger partial charge in [-0.1, -0.05) is 94.8 Å². The first kappa shape index (κ1) is 23.3. The first-order valence-corrected chi connectivity index (χ1v) is 14.8. The van der Waals surface area contributed by atoms with Crippen molar-refractivity contribution < 1.29 is 0 Å². The van der Waals surface area contributed by atoms with Crippen molar-refractivity contribution in [2.24, 2.45) is 11.3 Å². The van der Waals surface area contributed by atoms with E-state index in [9.17, 15) is 0 Å². The zero-order valence-corrected chi connectivity index (χ0v) is 23.5. The quantitative estimate of drug-likeness (QED) is 0.272. The molecule has 1 spiro atoms. The lowest BCUT2D eigenvalue weighted by Gasteiger charge is -2.46. The summed E-state index contributed by atoms with van der Waals surface area (Å²) < 4.78 is 0. The number of hydrogen-bond acceptors (Lipinski definition) is 3. The van der Waals surface area contributed by atoms with E-state index in [1.165, 1.54) is 53.0 Å². The second kappa shape index (κ2) is 7.75. The number of hydrogen-bond donors (Lipinski definition) is 0. The Hall–Kier alpha value is -3.59. The normalized spacial score (nSPS) is 28.8. The van der Waals surface area contributed by atoms with Gasteiger partial charge in [-0.05, 0) is 71.6 Å². The molecule has 0 amide bonds. The molecule has 1 fully saturated rings. The number of rotatable bonds is 4. The minimum atomic E-state index is 0.151. The first-order chi connectivity index (χ1) is 19.0. The number of nitrogens with zero attached hydrogens (tertiary/aromatic N) is 3. The topological polar surface area (TPSA) is 19.4 Å². The molecule has 3 heteroatoms. The van der Waals surface area contributed by atoms with E-state index in [2.05, 4.69) is 122 Å². The number of anilines is 4. The van der Waals surface area contributed by atoms with Crippen LogP contribution in [-0.2, 0) is 10.8 Å². The fourth-order valence-electron chi connectivity index (χ4n) is 9.37. The molecular formula is C36H37N3. The van der Waals surface area contributed by atoms with Gasteiger partial charge >= 0.3 is 0 Å². The third-order valence-corrected chi connectivity index (χ3v) is 11.1. The Bertz CT molecular complexity index is 1590. The first-order valence-electron chi connectivity index (χ1n) is 14.8. The highest BCUT2D eigenvalue weighted by atomic mass is 15.5. The smallest absolute Gasteiger partial charge is 0.159 e. The van der Waals surface area contributed by atoms with E-state index in [1.54, 1.807) is 5.56 Å². The Morgan fingerprint density at radius 1 is 0.846 bits per heavy atom. The number of fused-ring (bicyclic) bond motifs is 6. The average Bonchev–Trinajstić information content (AvgIpc) is 3.47. The molecule has 4 aliphatic rings. The van der Waals surface area contributed by atoms with Crippen LogP contribution in [0.15, 0.2) is 91.1 Å². The van der Waals surface area contributed by atoms with Crippen LogP contribution in [0.5, 0.6) is 0 Å². The second-order valence-electron chi connectivity index (χ2n) is 12.8. The fraction of sp³-hybridized carbons (Fsp3) is 0.361. The van der Waals surface area contributed by atoms with Crippen LogP contribution in [0.4, 0.5) is 22.9 Å². The summed E-state index contributed by atoms with van der Waals surface area (Å²) in [6.07, 6.45) is 7.08. The molecule has 2 bridgehead atoms. The summed E-state index contributed by atoms with van der Waals surface area (Å²) in [4.78, 5) is 10.5. The molecule has 4 unspecified atom stereocenters. The van der Waals surface area contributed by atoms with E-state index in [0.717, 1.165) is 12.2 Å². The Morgan fingerprint density at radius 2 is 1.59 bits per heavy atom. The molecule has 196 valence electrons. The summed E-state index contributed by atoms with van der Waals surface area (Å²) in [7, 11) is 0. The highest BCUT2D eigenvalue weighted by molar-refractivity contribution is 5.98. The van der Waals surface area contributed by atoms with Crippen LogP contribution < -0.4 is 9.80 Å². The zero-order chi connectivity index (χ0) is 26.6. The molecule has 39 heavy (non-hydrogen) atoms. The molecule has 4 aromatic rings. The summed E-state index contributed by atoms with van der Waals surface area (Å²) in [5, 5.41) is 0. The molecule has 3 aromatic carbocycles. The van der Waals surface area contributed by atoms with Gasteiger partial charge in [-0.25, -0.2) is 4.98 Å². The van der Waals surface area contributed by atoms with Crippen molar-refractivity contribution in [3.63, 3.8) is 0 Å². The summed E-state index contributed by atoms with van der Waals surface area (Å²) in [5.41, 5.74) is 10.0. The zero-order valence-electron chi connectivity index (χ0n) is 23.5. The van der Waals surface area contributed by atoms with Crippen molar-refractivity contribution >= 4 is 22.9 Å². The van der Waals surface area contributed by atoms with Crippen LogP contribution >= 0.6 is 0 Å². The molecule has 0 radical (unpaired) electrons. The molecular weight excluding hydrogens is 474 g/mol. The molecule has 8 rings (SSSR count). The summed E-state index contributed by atoms with van der Waals surface area (Å²) in [5.74, 6) is 1.74. The van der Waals surface area contributed by atoms with Gasteiger partial charge in [-0.3, -0.25) is 0 Å². The minimum Gasteiger partial charge on any atom is -0.316 e. The predicted molar refractivity (Wildman–Crippen MR) is 161 cm³/mol. The summed E-state index contributed by atoms with van der Waals surface area (Å²) in [6, 6.07) is 31.6. The number of aromatic nitrogens is 1. The van der Waals surface area contributed by atoms with Gasteiger partial charge in [-0.2, -0.15) is 0 Å². The third-order valence-electron chi connectivity index (χ3n) is 11.1. The van der Waals surface area contributed by atoms with Crippen molar-refractivity contribution in [1.82, 2.24) is 4.98 Å². The third kappa shape index (κ3) is 2.67. The Morgan fingerprint density at radius 3 is 2.31 bits per heavy atom. The van der Waals surface area contributed by atoms with E-state index in [1.807, 2.05) is 6.20 Å². The van der Waals surface area contributed by atoms with Gasteiger partial charge in [0.1, 0.15) is 6.17 Å². The highest BCUT2D eigenvalue weighted by Gasteiger charge is 2.82. The monoisotopic (exact) mass is 511 g/mol. The van der Waals surface area contributed by atoms with Gasteiger partial charge in [0.25, 0.3) is 0 Å². The predicted octanol–water partition coefficient (Wildman–Crippen LogP) is 9.12. The van der Waals surface area contributed by atoms with E-state index in [4.69, 9.17) is 4.98 Å². The molecule has 0 N–H and O–H groups in total. The van der Waals surface area contributed by atoms with Gasteiger partial charge in [0, 0.05) is 34.0 Å². The molecule has 2 aliphatic carbocycles. The molecule has 1 aromatic heterocycles. The lowest BCUT2D eigenvalue weighted by molar-refractivity contribution is 0.289. The standard InChI is InChI=1S/C36H37N3/c1-5-30-35(6-2)33-38(26-15-11-8-12-16-26)31-27(24-13-9-7-10-14-24)19-22-37-32(31)39(33)29-18-17-25-23-28(29)36(30,35)21-20-34(25,3)4/h7-19,22-23,30,33H,5-6,20-21H2,1-4H3. The van der Waals surface area contributed by atoms with Crippen LogP contribution in [-0.4, -0.2) is 11.1 Å². The van der Waals surface area contributed by atoms with Gasteiger partial charge in [0.05, 0.1) is 5.69 Å². The molecule has 4 atom stereocenters. The van der Waals surface area contributed by atoms with Gasteiger partial charge in [0.15, 0.2) is 5.82 Å². The maximum Gasteiger partial charge on any atom is 0.159 e. The molecule has 0 saturated heterocycles. The largest absolute Gasteiger partial charge is 0.316 e. The van der Waals surface area contributed by atoms with Crippen LogP contribution in [0.2, 0.25) is 0 Å². The molecule has 3 nitrogen and oxygen atoms in total. The minimum absolute atomic E-state index is 0.151. The van der Waals surface area contributed by atoms with Crippen molar-refractivity contribution in [3.8, 4) is 11.1 Å². The van der Waals surface area contributed by atoms with E-state index in [0.29, 0.717) is 5.92 Å². The van der Waals surface area contributed by atoms with E-state index < -0.39 is 0 Å². The molecule has 2 aliphatic heterocycles. The highest BCUT2D eigenvalue weighted by Crippen LogP contribution is 2.83. The summed E-state index contributed by atoms with van der Waals surface area (Å²) in [6.45, 7) is 9.78. The van der Waals surface area contributed by atoms with Crippen LogP contribution in [0, 0.1) is 11.3 Å². The SMILES string of the molecule is CCC1C23CCC(C)(C)c4ccc(c2c4)N2c4nccc(-c5ccccc5)c4N(c4ccccc4)C2C13CC. The van der Waals surface area contributed by atoms with Gasteiger partial charge in [0.2, 0.25) is 0 Å². The Kier molecular flexibility index (Phi) is 4.63. The van der Waals surface area contributed by atoms with E-state index >= 15 is 0 Å². The van der Waals surface area contributed by atoms with Crippen molar-refractivity contribution in [3.05, 3.63) is 102 Å². The average molecular weight is 512 g/mol. The molecule has 3 heterocycles. The second-order valence-corrected chi connectivity index (χ2v) is 12.8. The number of pyridine rings is 1. The lowest BCUT2D eigenvalue weighted by Crippen LogP contribution is -2.51. The molecule has 1 saturated carbocycles. The Labute approximate surface area is 232 Å². The van der Waals surface area contributed by atoms with E-state index in [-0.39, 0.29) is 22.4 Å². The number of benzene rings is 3. The maximum atomic E-state index is 5.17. The van der Waals surface area contributed by atoms with Crippen LogP contribution in [0.1, 0.15) is 64.5 Å². The van der Waals surface area contributed by atoms with Crippen LogP contribution in [0.25, 0.3) is 11.1 Å². The van der Waals surface area contributed by atoms with Crippen molar-refractivity contribution in [2.45, 2.75) is 70.4 Å². The number of para-hydroxylation sites is 1. The van der Waals surface area contributed by atoms with Gasteiger partial charge in [-0.15, -0.1) is 0 Å². The fourth-order valence-corrected chi connectivity index (χ4v) is 9.37. The van der Waals surface area contributed by atoms with Crippen LogP contribution in [0.3, 0.4) is 0 Å². The van der Waals surface area contributed by atoms with Crippen molar-refractivity contribution in [1.29, 1.82) is 0 Å². The Balaban J connectivity index is 1.47. The maximum absolute atomic E-state index is 5.17. The van der Waals surface area contributed by atoms with Gasteiger partial charge < -0.3 is 9.80 Å². The summed E-state index contributed by atoms with van der Waals surface area (Å²) >= 11 is 0.